The summed E-state index contributed by atoms with van der Waals surface area (Å²) in [6.45, 7) is 5.98. The van der Waals surface area contributed by atoms with Crippen LogP contribution >= 0.6 is 35.0 Å². The van der Waals surface area contributed by atoms with Crippen LogP contribution in [0.3, 0.4) is 0 Å². The van der Waals surface area contributed by atoms with Gasteiger partial charge in [0, 0.05) is 17.5 Å². The number of thioether (sulfide) groups is 1. The highest BCUT2D eigenvalue weighted by atomic mass is 35.5. The zero-order valence-electron chi connectivity index (χ0n) is 16.8. The van der Waals surface area contributed by atoms with Gasteiger partial charge in [-0.2, -0.15) is 0 Å². The molecule has 2 atom stereocenters. The van der Waals surface area contributed by atoms with Crippen LogP contribution in [0.15, 0.2) is 53.4 Å². The van der Waals surface area contributed by atoms with Crippen molar-refractivity contribution in [1.29, 1.82) is 0 Å². The summed E-state index contributed by atoms with van der Waals surface area (Å²) < 4.78 is 0. The van der Waals surface area contributed by atoms with Crippen molar-refractivity contribution in [3.05, 3.63) is 64.1 Å². The van der Waals surface area contributed by atoms with E-state index in [0.29, 0.717) is 10.0 Å². The minimum Gasteiger partial charge on any atom is -0.352 e. The Labute approximate surface area is 187 Å². The lowest BCUT2D eigenvalue weighted by molar-refractivity contribution is -0.138. The van der Waals surface area contributed by atoms with Gasteiger partial charge >= 0.3 is 0 Å². The zero-order valence-corrected chi connectivity index (χ0v) is 19.2. The molecule has 0 saturated heterocycles. The maximum Gasteiger partial charge on any atom is 0.242 e. The van der Waals surface area contributed by atoms with E-state index in [9.17, 15) is 9.59 Å². The van der Waals surface area contributed by atoms with Crippen LogP contribution in [-0.2, 0) is 16.1 Å². The summed E-state index contributed by atoms with van der Waals surface area (Å²) in [5.74, 6) is -0.0408. The van der Waals surface area contributed by atoms with Crippen LogP contribution in [0.5, 0.6) is 0 Å². The summed E-state index contributed by atoms with van der Waals surface area (Å²) in [6.07, 6.45) is 0.822. The molecule has 1 N–H and O–H groups in total. The molecule has 2 aromatic rings. The average Bonchev–Trinajstić information content (AvgIpc) is 2.72. The lowest BCUT2D eigenvalue weighted by Crippen LogP contribution is -2.50. The largest absolute Gasteiger partial charge is 0.352 e. The van der Waals surface area contributed by atoms with Crippen LogP contribution in [0.2, 0.25) is 10.0 Å². The molecule has 0 aromatic heterocycles. The molecular weight excluding hydrogens is 427 g/mol. The van der Waals surface area contributed by atoms with E-state index in [1.807, 2.05) is 50.2 Å². The molecule has 4 nitrogen and oxygen atoms in total. The highest BCUT2D eigenvalue weighted by molar-refractivity contribution is 8.00. The Morgan fingerprint density at radius 3 is 2.38 bits per heavy atom. The number of carbonyl (C=O) groups excluding carboxylic acids is 2. The molecule has 0 bridgehead atoms. The number of amides is 2. The fourth-order valence-electron chi connectivity index (χ4n) is 2.63. The van der Waals surface area contributed by atoms with E-state index >= 15 is 0 Å². The Morgan fingerprint density at radius 1 is 1.07 bits per heavy atom. The molecule has 0 fully saturated rings. The molecule has 7 heteroatoms. The molecule has 0 radical (unpaired) electrons. The van der Waals surface area contributed by atoms with Gasteiger partial charge in [-0.3, -0.25) is 9.59 Å². The predicted molar refractivity (Wildman–Crippen MR) is 122 cm³/mol. The topological polar surface area (TPSA) is 49.4 Å². The van der Waals surface area contributed by atoms with Crippen molar-refractivity contribution < 1.29 is 9.59 Å². The fraction of sp³-hybridized carbons (Fsp3) is 0.364. The third kappa shape index (κ3) is 7.25. The van der Waals surface area contributed by atoms with Gasteiger partial charge in [-0.25, -0.2) is 0 Å². The first-order chi connectivity index (χ1) is 13.8. The van der Waals surface area contributed by atoms with E-state index < -0.39 is 6.04 Å². The Morgan fingerprint density at radius 2 is 1.76 bits per heavy atom. The van der Waals surface area contributed by atoms with E-state index in [1.165, 1.54) is 11.8 Å². The van der Waals surface area contributed by atoms with Gasteiger partial charge in [-0.1, -0.05) is 54.4 Å². The molecule has 0 aliphatic rings. The Bertz CT molecular complexity index is 833. The predicted octanol–water partition coefficient (Wildman–Crippen LogP) is 5.42. The number of rotatable bonds is 9. The summed E-state index contributed by atoms with van der Waals surface area (Å²) in [7, 11) is 0. The number of carbonyl (C=O) groups is 2. The van der Waals surface area contributed by atoms with Gasteiger partial charge in [-0.15, -0.1) is 11.8 Å². The maximum atomic E-state index is 13.0. The third-order valence-corrected chi connectivity index (χ3v) is 6.35. The van der Waals surface area contributed by atoms with Gasteiger partial charge < -0.3 is 10.2 Å². The second-order valence-electron chi connectivity index (χ2n) is 6.87. The Kier molecular flexibility index (Phi) is 9.34. The first-order valence-electron chi connectivity index (χ1n) is 9.53. The Balaban J connectivity index is 2.17. The van der Waals surface area contributed by atoms with Gasteiger partial charge in [0.1, 0.15) is 6.04 Å². The normalized spacial score (nSPS) is 12.9. The number of benzene rings is 2. The van der Waals surface area contributed by atoms with Crippen LogP contribution in [0.1, 0.15) is 32.8 Å². The van der Waals surface area contributed by atoms with Gasteiger partial charge in [0.05, 0.1) is 15.8 Å². The van der Waals surface area contributed by atoms with Crippen LogP contribution in [0.25, 0.3) is 0 Å². The molecule has 0 saturated carbocycles. The van der Waals surface area contributed by atoms with E-state index in [0.717, 1.165) is 16.9 Å². The number of hydrogen-bond acceptors (Lipinski definition) is 3. The first-order valence-corrected chi connectivity index (χ1v) is 11.3. The SMILES string of the molecule is CC[C@@H](C)NC(=O)[C@@H](C)N(Cc1ccc(Cl)c(Cl)c1)C(=O)CSc1ccccc1. The lowest BCUT2D eigenvalue weighted by atomic mass is 10.1. The number of nitrogens with one attached hydrogen (secondary N) is 1. The second-order valence-corrected chi connectivity index (χ2v) is 8.73. The smallest absolute Gasteiger partial charge is 0.242 e. The van der Waals surface area contributed by atoms with E-state index in [2.05, 4.69) is 5.32 Å². The summed E-state index contributed by atoms with van der Waals surface area (Å²) in [5, 5.41) is 3.84. The fourth-order valence-corrected chi connectivity index (χ4v) is 3.75. The molecule has 2 rings (SSSR count). The minimum atomic E-state index is -0.609. The van der Waals surface area contributed by atoms with E-state index in [4.69, 9.17) is 23.2 Å². The van der Waals surface area contributed by atoms with Crippen molar-refractivity contribution in [3.8, 4) is 0 Å². The molecule has 2 amide bonds. The molecule has 2 aromatic carbocycles. The standard InChI is InChI=1S/C22H26Cl2N2O2S/c1-4-15(2)25-22(28)16(3)26(13-17-10-11-19(23)20(24)12-17)21(27)14-29-18-8-6-5-7-9-18/h5-12,15-16H,4,13-14H2,1-3H3,(H,25,28)/t15-,16-/m1/s1. The zero-order chi connectivity index (χ0) is 21.4. The molecule has 0 aliphatic carbocycles. The van der Waals surface area contributed by atoms with Crippen molar-refractivity contribution in [3.63, 3.8) is 0 Å². The van der Waals surface area contributed by atoms with Crippen molar-refractivity contribution in [2.75, 3.05) is 5.75 Å². The van der Waals surface area contributed by atoms with Crippen LogP contribution < -0.4 is 5.32 Å². The summed E-state index contributed by atoms with van der Waals surface area (Å²) in [5.41, 5.74) is 0.820. The molecule has 0 aliphatic heterocycles. The van der Waals surface area contributed by atoms with Crippen molar-refractivity contribution >= 4 is 46.8 Å². The Hall–Kier alpha value is -1.69. The molecule has 0 unspecified atom stereocenters. The van der Waals surface area contributed by atoms with E-state index in [-0.39, 0.29) is 30.2 Å². The van der Waals surface area contributed by atoms with Gasteiger partial charge in [0.25, 0.3) is 0 Å². The molecule has 29 heavy (non-hydrogen) atoms. The monoisotopic (exact) mass is 452 g/mol. The lowest BCUT2D eigenvalue weighted by Gasteiger charge is -2.29. The van der Waals surface area contributed by atoms with E-state index in [1.54, 1.807) is 24.0 Å². The quantitative estimate of drug-likeness (QED) is 0.516. The van der Waals surface area contributed by atoms with Gasteiger partial charge in [0.15, 0.2) is 0 Å². The van der Waals surface area contributed by atoms with Crippen molar-refractivity contribution in [2.45, 2.75) is 50.7 Å². The average molecular weight is 453 g/mol. The van der Waals surface area contributed by atoms with Gasteiger partial charge in [0.2, 0.25) is 11.8 Å². The van der Waals surface area contributed by atoms with Crippen molar-refractivity contribution in [1.82, 2.24) is 10.2 Å². The molecular formula is C22H26Cl2N2O2S. The number of hydrogen-bond donors (Lipinski definition) is 1. The highest BCUT2D eigenvalue weighted by Gasteiger charge is 2.27. The van der Waals surface area contributed by atoms with Crippen LogP contribution in [-0.4, -0.2) is 34.6 Å². The summed E-state index contributed by atoms with van der Waals surface area (Å²) in [6, 6.07) is 14.4. The highest BCUT2D eigenvalue weighted by Crippen LogP contribution is 2.24. The minimum absolute atomic E-state index is 0.0468. The third-order valence-electron chi connectivity index (χ3n) is 4.61. The van der Waals surface area contributed by atoms with Gasteiger partial charge in [-0.05, 0) is 50.1 Å². The summed E-state index contributed by atoms with van der Waals surface area (Å²) >= 11 is 13.6. The van der Waals surface area contributed by atoms with Crippen molar-refractivity contribution in [2.24, 2.45) is 0 Å². The number of nitrogens with zero attached hydrogens (tertiary/aromatic N) is 1. The molecule has 156 valence electrons. The summed E-state index contributed by atoms with van der Waals surface area (Å²) in [4.78, 5) is 28.3. The number of halogens is 2. The molecule has 0 spiro atoms. The van der Waals surface area contributed by atoms with Crippen LogP contribution in [0, 0.1) is 0 Å². The second kappa shape index (κ2) is 11.5. The first kappa shape index (κ1) is 23.6. The van der Waals surface area contributed by atoms with Crippen LogP contribution in [0.4, 0.5) is 0 Å². The maximum absolute atomic E-state index is 13.0. The molecule has 0 heterocycles.